The minimum absolute atomic E-state index is 0.0233. The van der Waals surface area contributed by atoms with Gasteiger partial charge in [-0.15, -0.1) is 0 Å². The molecule has 0 saturated heterocycles. The van der Waals surface area contributed by atoms with Crippen molar-refractivity contribution in [3.05, 3.63) is 29.8 Å². The van der Waals surface area contributed by atoms with Gasteiger partial charge in [0.25, 0.3) is 0 Å². The number of likely N-dealkylation sites (N-methyl/N-ethyl adjacent to an activating group) is 1. The SMILES string of the molecule is CC(N)CN(C)c1c(F)cccc1F. The van der Waals surface area contributed by atoms with Crippen LogP contribution in [0.1, 0.15) is 6.92 Å². The monoisotopic (exact) mass is 200 g/mol. The average Bonchev–Trinajstić information content (AvgIpc) is 2.01. The smallest absolute Gasteiger partial charge is 0.149 e. The Labute approximate surface area is 82.3 Å². The van der Waals surface area contributed by atoms with Crippen molar-refractivity contribution in [2.24, 2.45) is 5.73 Å². The minimum atomic E-state index is -0.562. The van der Waals surface area contributed by atoms with Gasteiger partial charge in [-0.25, -0.2) is 8.78 Å². The molecule has 0 bridgehead atoms. The van der Waals surface area contributed by atoms with Crippen LogP contribution in [0.5, 0.6) is 0 Å². The Bertz CT molecular complexity index is 293. The molecule has 1 rings (SSSR count). The molecule has 4 heteroatoms. The molecule has 0 aliphatic heterocycles. The molecule has 0 spiro atoms. The van der Waals surface area contributed by atoms with Crippen LogP contribution in [0.3, 0.4) is 0 Å². The second-order valence-corrected chi connectivity index (χ2v) is 3.43. The first-order valence-corrected chi connectivity index (χ1v) is 4.43. The minimum Gasteiger partial charge on any atom is -0.368 e. The Morgan fingerprint density at radius 3 is 2.29 bits per heavy atom. The maximum absolute atomic E-state index is 13.2. The molecule has 2 N–H and O–H groups in total. The molecular weight excluding hydrogens is 186 g/mol. The lowest BCUT2D eigenvalue weighted by Crippen LogP contribution is -2.33. The van der Waals surface area contributed by atoms with Gasteiger partial charge in [-0.1, -0.05) is 6.07 Å². The van der Waals surface area contributed by atoms with Gasteiger partial charge in [0.2, 0.25) is 0 Å². The van der Waals surface area contributed by atoms with E-state index in [1.165, 1.54) is 23.1 Å². The number of rotatable bonds is 3. The van der Waals surface area contributed by atoms with E-state index in [1.54, 1.807) is 14.0 Å². The van der Waals surface area contributed by atoms with Crippen molar-refractivity contribution < 1.29 is 8.78 Å². The Kier molecular flexibility index (Phi) is 3.41. The summed E-state index contributed by atoms with van der Waals surface area (Å²) in [6.45, 7) is 2.20. The number of benzene rings is 1. The summed E-state index contributed by atoms with van der Waals surface area (Å²) in [5, 5.41) is 0. The average molecular weight is 200 g/mol. The predicted molar refractivity (Wildman–Crippen MR) is 53.3 cm³/mol. The zero-order chi connectivity index (χ0) is 10.7. The van der Waals surface area contributed by atoms with Gasteiger partial charge in [-0.3, -0.25) is 0 Å². The standard InChI is InChI=1S/C10H14F2N2/c1-7(13)6-14(2)10-8(11)4-3-5-9(10)12/h3-5,7H,6,13H2,1-2H3. The van der Waals surface area contributed by atoms with Crippen molar-refractivity contribution in [3.8, 4) is 0 Å². The molecule has 1 atom stereocenters. The van der Waals surface area contributed by atoms with Crippen LogP contribution in [-0.4, -0.2) is 19.6 Å². The molecule has 0 aliphatic carbocycles. The van der Waals surface area contributed by atoms with Crippen LogP contribution >= 0.6 is 0 Å². The van der Waals surface area contributed by atoms with Crippen LogP contribution in [0.25, 0.3) is 0 Å². The predicted octanol–water partition coefficient (Wildman–Crippen LogP) is 1.75. The first-order chi connectivity index (χ1) is 6.52. The number of nitrogens with zero attached hydrogens (tertiary/aromatic N) is 1. The molecule has 1 aromatic carbocycles. The van der Waals surface area contributed by atoms with Crippen molar-refractivity contribution in [3.63, 3.8) is 0 Å². The summed E-state index contributed by atoms with van der Waals surface area (Å²) in [4.78, 5) is 1.48. The summed E-state index contributed by atoms with van der Waals surface area (Å²) in [6.07, 6.45) is 0. The van der Waals surface area contributed by atoms with Crippen LogP contribution in [0.2, 0.25) is 0 Å². The second kappa shape index (κ2) is 4.37. The third-order valence-corrected chi connectivity index (χ3v) is 1.88. The molecule has 0 aromatic heterocycles. The number of hydrogen-bond acceptors (Lipinski definition) is 2. The van der Waals surface area contributed by atoms with E-state index in [1.807, 2.05) is 0 Å². The summed E-state index contributed by atoms with van der Waals surface area (Å²) in [5.74, 6) is -1.12. The molecule has 2 nitrogen and oxygen atoms in total. The molecule has 0 amide bonds. The quantitative estimate of drug-likeness (QED) is 0.805. The highest BCUT2D eigenvalue weighted by Gasteiger charge is 2.13. The first-order valence-electron chi connectivity index (χ1n) is 4.43. The lowest BCUT2D eigenvalue weighted by atomic mass is 10.2. The lowest BCUT2D eigenvalue weighted by molar-refractivity contribution is 0.571. The molecule has 1 unspecified atom stereocenters. The molecule has 78 valence electrons. The number of halogens is 2. The number of para-hydroxylation sites is 1. The van der Waals surface area contributed by atoms with Gasteiger partial charge in [0.15, 0.2) is 0 Å². The Morgan fingerprint density at radius 2 is 1.86 bits per heavy atom. The highest BCUT2D eigenvalue weighted by molar-refractivity contribution is 5.48. The maximum Gasteiger partial charge on any atom is 0.149 e. The van der Waals surface area contributed by atoms with Crippen LogP contribution in [0, 0.1) is 11.6 Å². The zero-order valence-electron chi connectivity index (χ0n) is 8.30. The second-order valence-electron chi connectivity index (χ2n) is 3.43. The maximum atomic E-state index is 13.2. The van der Waals surface area contributed by atoms with E-state index in [9.17, 15) is 8.78 Å². The highest BCUT2D eigenvalue weighted by atomic mass is 19.1. The van der Waals surface area contributed by atoms with Crippen LogP contribution in [0.4, 0.5) is 14.5 Å². The summed E-state index contributed by atoms with van der Waals surface area (Å²) in [7, 11) is 1.62. The van der Waals surface area contributed by atoms with E-state index in [0.29, 0.717) is 6.54 Å². The Hall–Kier alpha value is -1.16. The fraction of sp³-hybridized carbons (Fsp3) is 0.400. The van der Waals surface area contributed by atoms with Crippen molar-refractivity contribution in [1.29, 1.82) is 0 Å². The molecule has 14 heavy (non-hydrogen) atoms. The van der Waals surface area contributed by atoms with Crippen molar-refractivity contribution in [1.82, 2.24) is 0 Å². The summed E-state index contributed by atoms with van der Waals surface area (Å²) in [5.41, 5.74) is 5.52. The third-order valence-electron chi connectivity index (χ3n) is 1.88. The lowest BCUT2D eigenvalue weighted by Gasteiger charge is -2.22. The number of anilines is 1. The summed E-state index contributed by atoms with van der Waals surface area (Å²) >= 11 is 0. The van der Waals surface area contributed by atoms with Crippen molar-refractivity contribution >= 4 is 5.69 Å². The van der Waals surface area contributed by atoms with Gasteiger partial charge in [0, 0.05) is 19.6 Å². The Balaban J connectivity index is 2.94. The van der Waals surface area contributed by atoms with Gasteiger partial charge in [-0.05, 0) is 19.1 Å². The molecule has 1 aromatic rings. The summed E-state index contributed by atoms with van der Waals surface area (Å²) < 4.78 is 26.5. The van der Waals surface area contributed by atoms with Gasteiger partial charge < -0.3 is 10.6 Å². The van der Waals surface area contributed by atoms with E-state index in [4.69, 9.17) is 5.73 Å². The molecule has 0 saturated carbocycles. The highest BCUT2D eigenvalue weighted by Crippen LogP contribution is 2.21. The van der Waals surface area contributed by atoms with E-state index in [-0.39, 0.29) is 11.7 Å². The van der Waals surface area contributed by atoms with Crippen molar-refractivity contribution in [2.45, 2.75) is 13.0 Å². The van der Waals surface area contributed by atoms with Crippen LogP contribution in [0.15, 0.2) is 18.2 Å². The Morgan fingerprint density at radius 1 is 1.36 bits per heavy atom. The van der Waals surface area contributed by atoms with E-state index < -0.39 is 11.6 Å². The van der Waals surface area contributed by atoms with Gasteiger partial charge in [0.05, 0.1) is 0 Å². The van der Waals surface area contributed by atoms with E-state index in [0.717, 1.165) is 0 Å². The topological polar surface area (TPSA) is 29.3 Å². The zero-order valence-corrected chi connectivity index (χ0v) is 8.30. The molecular formula is C10H14F2N2. The van der Waals surface area contributed by atoms with Gasteiger partial charge in [0.1, 0.15) is 17.3 Å². The van der Waals surface area contributed by atoms with Crippen molar-refractivity contribution in [2.75, 3.05) is 18.5 Å². The molecule has 0 radical (unpaired) electrons. The van der Waals surface area contributed by atoms with Gasteiger partial charge >= 0.3 is 0 Å². The third kappa shape index (κ3) is 2.42. The van der Waals surface area contributed by atoms with Gasteiger partial charge in [-0.2, -0.15) is 0 Å². The molecule has 0 heterocycles. The fourth-order valence-electron chi connectivity index (χ4n) is 1.38. The number of nitrogens with two attached hydrogens (primary N) is 1. The molecule has 0 aliphatic rings. The largest absolute Gasteiger partial charge is 0.368 e. The molecule has 0 fully saturated rings. The van der Waals surface area contributed by atoms with E-state index >= 15 is 0 Å². The first kappa shape index (κ1) is 10.9. The summed E-state index contributed by atoms with van der Waals surface area (Å²) in [6, 6.07) is 3.68. The van der Waals surface area contributed by atoms with Crippen LogP contribution < -0.4 is 10.6 Å². The van der Waals surface area contributed by atoms with Crippen LogP contribution in [-0.2, 0) is 0 Å². The van der Waals surface area contributed by atoms with E-state index in [2.05, 4.69) is 0 Å². The number of hydrogen-bond donors (Lipinski definition) is 1. The normalized spacial score (nSPS) is 12.6. The fourth-order valence-corrected chi connectivity index (χ4v) is 1.38.